The fourth-order valence-electron chi connectivity index (χ4n) is 4.12. The van der Waals surface area contributed by atoms with Gasteiger partial charge in [0.25, 0.3) is 0 Å². The Kier molecular flexibility index (Phi) is 9.00. The van der Waals surface area contributed by atoms with Gasteiger partial charge in [-0.25, -0.2) is 4.79 Å². The molecular formula is C28H31NO6. The van der Waals surface area contributed by atoms with Crippen LogP contribution in [0.25, 0.3) is 0 Å². The van der Waals surface area contributed by atoms with Crippen LogP contribution in [0.3, 0.4) is 0 Å². The monoisotopic (exact) mass is 477 g/mol. The Balaban J connectivity index is 1.52. The zero-order chi connectivity index (χ0) is 24.5. The molecule has 7 heteroatoms. The average Bonchev–Trinajstić information content (AvgIpc) is 2.89. The highest BCUT2D eigenvalue weighted by Gasteiger charge is 2.48. The van der Waals surface area contributed by atoms with E-state index in [1.54, 1.807) is 0 Å². The normalized spacial score (nSPS) is 24.2. The first kappa shape index (κ1) is 25.0. The fourth-order valence-corrected chi connectivity index (χ4v) is 4.12. The van der Waals surface area contributed by atoms with Crippen molar-refractivity contribution in [2.45, 2.75) is 50.3 Å². The van der Waals surface area contributed by atoms with Gasteiger partial charge in [-0.2, -0.15) is 0 Å². The van der Waals surface area contributed by atoms with E-state index in [4.69, 9.17) is 24.7 Å². The quantitative estimate of drug-likeness (QED) is 0.436. The van der Waals surface area contributed by atoms with Gasteiger partial charge in [-0.1, -0.05) is 91.0 Å². The number of hydrogen-bond donors (Lipinski definition) is 2. The van der Waals surface area contributed by atoms with Crippen molar-refractivity contribution in [2.24, 2.45) is 5.73 Å². The lowest BCUT2D eigenvalue weighted by molar-refractivity contribution is -0.231. The first-order valence-electron chi connectivity index (χ1n) is 11.7. The third kappa shape index (κ3) is 6.97. The minimum atomic E-state index is -1.24. The summed E-state index contributed by atoms with van der Waals surface area (Å²) in [4.78, 5) is 12.0. The summed E-state index contributed by atoms with van der Waals surface area (Å²) >= 11 is 0. The number of ether oxygens (including phenoxy) is 4. The third-order valence-electron chi connectivity index (χ3n) is 5.95. The van der Waals surface area contributed by atoms with E-state index in [1.165, 1.54) is 0 Å². The molecule has 7 nitrogen and oxygen atoms in total. The summed E-state index contributed by atoms with van der Waals surface area (Å²) in [6.07, 6.45) is -3.25. The van der Waals surface area contributed by atoms with Gasteiger partial charge in [-0.05, 0) is 16.7 Å². The molecule has 1 aliphatic rings. The van der Waals surface area contributed by atoms with Crippen LogP contribution in [0, 0.1) is 0 Å². The molecule has 5 atom stereocenters. The van der Waals surface area contributed by atoms with Gasteiger partial charge in [0.15, 0.2) is 6.10 Å². The van der Waals surface area contributed by atoms with Crippen LogP contribution >= 0.6 is 0 Å². The molecule has 184 valence electrons. The Morgan fingerprint density at radius 1 is 0.743 bits per heavy atom. The molecule has 3 N–H and O–H groups in total. The molecule has 0 aromatic heterocycles. The zero-order valence-corrected chi connectivity index (χ0v) is 19.4. The van der Waals surface area contributed by atoms with Gasteiger partial charge >= 0.3 is 5.97 Å². The smallest absolute Gasteiger partial charge is 0.334 e. The molecule has 1 aliphatic heterocycles. The van der Waals surface area contributed by atoms with Crippen molar-refractivity contribution in [2.75, 3.05) is 6.61 Å². The maximum absolute atomic E-state index is 12.0. The van der Waals surface area contributed by atoms with Gasteiger partial charge in [0, 0.05) is 0 Å². The van der Waals surface area contributed by atoms with E-state index in [9.17, 15) is 9.90 Å². The van der Waals surface area contributed by atoms with Crippen LogP contribution < -0.4 is 5.73 Å². The highest BCUT2D eigenvalue weighted by Crippen LogP contribution is 2.27. The summed E-state index contributed by atoms with van der Waals surface area (Å²) in [5.74, 6) is -1.14. The summed E-state index contributed by atoms with van der Waals surface area (Å²) < 4.78 is 24.3. The maximum atomic E-state index is 12.0. The fraction of sp³-hybridized carbons (Fsp3) is 0.321. The molecule has 0 aliphatic carbocycles. The number of nitrogens with two attached hydrogens (primary N) is 1. The van der Waals surface area contributed by atoms with Gasteiger partial charge < -0.3 is 29.8 Å². The largest absolute Gasteiger partial charge is 0.479 e. The molecule has 4 rings (SSSR count). The number of carboxylic acid groups (broad SMARTS) is 1. The standard InChI is InChI=1S/C28H31NO6/c29-24-26(34-18-22-14-8-3-9-15-22)25(33-17-21-12-6-2-7-13-21)23(35-27(24)28(30)31)19-32-16-20-10-4-1-5-11-20/h1-15,23-27H,16-19,29H2,(H,30,31)/t23-,24?,25-,26-,27-/m1/s1. The van der Waals surface area contributed by atoms with Crippen LogP contribution in [-0.2, 0) is 43.6 Å². The van der Waals surface area contributed by atoms with Crippen LogP contribution in [0.1, 0.15) is 16.7 Å². The Morgan fingerprint density at radius 3 is 1.69 bits per heavy atom. The maximum Gasteiger partial charge on any atom is 0.334 e. The Labute approximate surface area is 205 Å². The van der Waals surface area contributed by atoms with Crippen molar-refractivity contribution in [1.29, 1.82) is 0 Å². The number of aliphatic carboxylic acids is 1. The second kappa shape index (κ2) is 12.6. The third-order valence-corrected chi connectivity index (χ3v) is 5.95. The van der Waals surface area contributed by atoms with Crippen molar-refractivity contribution < 1.29 is 28.8 Å². The minimum Gasteiger partial charge on any atom is -0.479 e. The molecule has 1 fully saturated rings. The molecule has 1 unspecified atom stereocenters. The molecule has 3 aromatic rings. The summed E-state index contributed by atoms with van der Waals surface area (Å²) in [6, 6.07) is 28.2. The lowest BCUT2D eigenvalue weighted by atomic mass is 9.92. The summed E-state index contributed by atoms with van der Waals surface area (Å²) in [5, 5.41) is 9.78. The van der Waals surface area contributed by atoms with Crippen molar-refractivity contribution >= 4 is 5.97 Å². The summed E-state index contributed by atoms with van der Waals surface area (Å²) in [7, 11) is 0. The van der Waals surface area contributed by atoms with Crippen molar-refractivity contribution in [3.05, 3.63) is 108 Å². The van der Waals surface area contributed by atoms with E-state index in [1.807, 2.05) is 91.0 Å². The lowest BCUT2D eigenvalue weighted by Gasteiger charge is -2.43. The van der Waals surface area contributed by atoms with Crippen LogP contribution in [0.2, 0.25) is 0 Å². The molecule has 0 spiro atoms. The molecule has 0 bridgehead atoms. The molecule has 35 heavy (non-hydrogen) atoms. The first-order valence-corrected chi connectivity index (χ1v) is 11.7. The van der Waals surface area contributed by atoms with Gasteiger partial charge in [0.1, 0.15) is 18.3 Å². The van der Waals surface area contributed by atoms with E-state index in [0.29, 0.717) is 13.2 Å². The average molecular weight is 478 g/mol. The van der Waals surface area contributed by atoms with Crippen LogP contribution in [0.15, 0.2) is 91.0 Å². The summed E-state index contributed by atoms with van der Waals surface area (Å²) in [5.41, 5.74) is 9.32. The van der Waals surface area contributed by atoms with Crippen molar-refractivity contribution in [1.82, 2.24) is 0 Å². The van der Waals surface area contributed by atoms with Gasteiger partial charge in [-0.3, -0.25) is 0 Å². The SMILES string of the molecule is NC1[C@@H](OCc2ccccc2)[C@H](OCc2ccccc2)[C@@H](COCc2ccccc2)O[C@H]1C(=O)O. The predicted octanol–water partition coefficient (Wildman–Crippen LogP) is 3.55. The Hall–Kier alpha value is -3.07. The number of rotatable bonds is 11. The topological polar surface area (TPSA) is 100 Å². The van der Waals surface area contributed by atoms with Gasteiger partial charge in [0.2, 0.25) is 0 Å². The first-order chi connectivity index (χ1) is 17.1. The molecule has 1 saturated heterocycles. The minimum absolute atomic E-state index is 0.135. The Bertz CT molecular complexity index is 1030. The second-order valence-corrected chi connectivity index (χ2v) is 8.53. The number of carboxylic acids is 1. The highest BCUT2D eigenvalue weighted by molar-refractivity contribution is 5.73. The predicted molar refractivity (Wildman–Crippen MR) is 130 cm³/mol. The molecule has 1 heterocycles. The number of benzene rings is 3. The van der Waals surface area contributed by atoms with Crippen LogP contribution in [-0.4, -0.2) is 48.1 Å². The summed E-state index contributed by atoms with van der Waals surface area (Å²) in [6.45, 7) is 1.08. The number of carbonyl (C=O) groups is 1. The van der Waals surface area contributed by atoms with Gasteiger partial charge in [0.05, 0.1) is 32.5 Å². The van der Waals surface area contributed by atoms with E-state index in [2.05, 4.69) is 0 Å². The zero-order valence-electron chi connectivity index (χ0n) is 19.4. The Morgan fingerprint density at radius 2 is 1.20 bits per heavy atom. The second-order valence-electron chi connectivity index (χ2n) is 8.53. The highest BCUT2D eigenvalue weighted by atomic mass is 16.6. The van der Waals surface area contributed by atoms with E-state index >= 15 is 0 Å². The molecule has 3 aromatic carbocycles. The van der Waals surface area contributed by atoms with Crippen molar-refractivity contribution in [3.63, 3.8) is 0 Å². The molecule has 0 amide bonds. The van der Waals surface area contributed by atoms with Crippen LogP contribution in [0.5, 0.6) is 0 Å². The van der Waals surface area contributed by atoms with Crippen molar-refractivity contribution in [3.8, 4) is 0 Å². The van der Waals surface area contributed by atoms with E-state index < -0.39 is 36.4 Å². The lowest BCUT2D eigenvalue weighted by Crippen LogP contribution is -2.65. The molecular weight excluding hydrogens is 446 g/mol. The van der Waals surface area contributed by atoms with Gasteiger partial charge in [-0.15, -0.1) is 0 Å². The van der Waals surface area contributed by atoms with E-state index in [-0.39, 0.29) is 13.2 Å². The molecule has 0 radical (unpaired) electrons. The van der Waals surface area contributed by atoms with Crippen LogP contribution in [0.4, 0.5) is 0 Å². The number of hydrogen-bond acceptors (Lipinski definition) is 6. The van der Waals surface area contributed by atoms with E-state index in [0.717, 1.165) is 16.7 Å². The molecule has 0 saturated carbocycles.